The minimum absolute atomic E-state index is 0.0795. The highest BCUT2D eigenvalue weighted by Crippen LogP contribution is 2.28. The van der Waals surface area contributed by atoms with E-state index in [2.05, 4.69) is 52.0 Å². The highest BCUT2D eigenvalue weighted by atomic mass is 16.2. The van der Waals surface area contributed by atoms with Crippen LogP contribution in [0.25, 0.3) is 0 Å². The average Bonchev–Trinajstić information content (AvgIpc) is 2.92. The van der Waals surface area contributed by atoms with Gasteiger partial charge in [0.05, 0.1) is 0 Å². The predicted molar refractivity (Wildman–Crippen MR) is 94.1 cm³/mol. The lowest BCUT2D eigenvalue weighted by Crippen LogP contribution is -2.51. The summed E-state index contributed by atoms with van der Waals surface area (Å²) in [4.78, 5) is 26.3. The zero-order valence-corrected chi connectivity index (χ0v) is 14.2. The second-order valence-electron chi connectivity index (χ2n) is 6.61. The molecule has 24 heavy (non-hydrogen) atoms. The van der Waals surface area contributed by atoms with E-state index in [1.165, 1.54) is 11.3 Å². The van der Waals surface area contributed by atoms with Crippen molar-refractivity contribution in [3.63, 3.8) is 0 Å². The van der Waals surface area contributed by atoms with Crippen LogP contribution in [0, 0.1) is 0 Å². The number of amides is 3. The number of fused-ring (bicyclic) bond motifs is 1. The summed E-state index contributed by atoms with van der Waals surface area (Å²) >= 11 is 0. The van der Waals surface area contributed by atoms with Gasteiger partial charge in [0.1, 0.15) is 6.04 Å². The van der Waals surface area contributed by atoms with Crippen LogP contribution in [-0.2, 0) is 11.2 Å². The molecule has 0 spiro atoms. The van der Waals surface area contributed by atoms with Crippen molar-refractivity contribution in [1.29, 1.82) is 0 Å². The van der Waals surface area contributed by atoms with E-state index >= 15 is 0 Å². The molecule has 2 aliphatic heterocycles. The van der Waals surface area contributed by atoms with Crippen molar-refractivity contribution >= 4 is 17.6 Å². The molecule has 0 aromatic heterocycles. The van der Waals surface area contributed by atoms with Crippen molar-refractivity contribution in [3.8, 4) is 0 Å². The van der Waals surface area contributed by atoms with Crippen LogP contribution in [0.15, 0.2) is 24.3 Å². The zero-order valence-electron chi connectivity index (χ0n) is 14.2. The molecule has 0 aliphatic carbocycles. The van der Waals surface area contributed by atoms with E-state index in [1.807, 2.05) is 0 Å². The maximum atomic E-state index is 12.1. The number of carbonyl (C=O) groups is 2. The molecule has 2 aliphatic rings. The van der Waals surface area contributed by atoms with E-state index in [-0.39, 0.29) is 18.0 Å². The third-order valence-electron chi connectivity index (χ3n) is 4.85. The van der Waals surface area contributed by atoms with Crippen molar-refractivity contribution in [2.24, 2.45) is 0 Å². The number of para-hydroxylation sites is 1. The molecule has 6 nitrogen and oxygen atoms in total. The van der Waals surface area contributed by atoms with Gasteiger partial charge in [0.25, 0.3) is 0 Å². The van der Waals surface area contributed by atoms with E-state index in [9.17, 15) is 9.59 Å². The van der Waals surface area contributed by atoms with Crippen LogP contribution >= 0.6 is 0 Å². The van der Waals surface area contributed by atoms with Gasteiger partial charge in [-0.15, -0.1) is 0 Å². The normalized spacial score (nSPS) is 21.5. The summed E-state index contributed by atoms with van der Waals surface area (Å²) < 4.78 is 0. The van der Waals surface area contributed by atoms with Gasteiger partial charge >= 0.3 is 6.03 Å². The molecule has 1 aromatic rings. The standard InChI is InChI=1S/C18H26N4O2/c1-13(22-11-9-14-6-2-3-8-16(14)22)12-20-18(24)21-15-7-4-5-10-19-17(15)23/h2-3,6,8,13,15H,4-5,7,9-12H2,1H3,(H,19,23)(H2,20,21,24)/t13-,15-/m0/s1. The summed E-state index contributed by atoms with van der Waals surface area (Å²) in [6, 6.07) is 7.93. The third-order valence-corrected chi connectivity index (χ3v) is 4.85. The Hall–Kier alpha value is -2.24. The number of benzene rings is 1. The van der Waals surface area contributed by atoms with Crippen LogP contribution in [-0.4, -0.2) is 43.7 Å². The summed E-state index contributed by atoms with van der Waals surface area (Å²) in [5, 5.41) is 8.53. The fraction of sp³-hybridized carbons (Fsp3) is 0.556. The molecule has 1 aromatic carbocycles. The van der Waals surface area contributed by atoms with E-state index in [1.54, 1.807) is 0 Å². The quantitative estimate of drug-likeness (QED) is 0.781. The van der Waals surface area contributed by atoms with Crippen LogP contribution in [0.5, 0.6) is 0 Å². The molecule has 1 fully saturated rings. The third kappa shape index (κ3) is 3.80. The molecule has 3 amide bonds. The lowest BCUT2D eigenvalue weighted by atomic mass is 10.1. The minimum Gasteiger partial charge on any atom is -0.366 e. The van der Waals surface area contributed by atoms with E-state index in [4.69, 9.17) is 0 Å². The number of nitrogens with zero attached hydrogens (tertiary/aromatic N) is 1. The molecule has 2 atom stereocenters. The molecule has 0 saturated carbocycles. The van der Waals surface area contributed by atoms with Gasteiger partial charge in [-0.25, -0.2) is 4.79 Å². The molecule has 3 N–H and O–H groups in total. The van der Waals surface area contributed by atoms with Crippen LogP contribution in [0.1, 0.15) is 31.7 Å². The molecule has 0 radical (unpaired) electrons. The summed E-state index contributed by atoms with van der Waals surface area (Å²) in [6.45, 7) is 4.34. The summed E-state index contributed by atoms with van der Waals surface area (Å²) in [5.74, 6) is -0.0795. The molecule has 3 rings (SSSR count). The number of nitrogens with one attached hydrogen (secondary N) is 3. The van der Waals surface area contributed by atoms with Crippen LogP contribution in [0.2, 0.25) is 0 Å². The number of urea groups is 1. The molecule has 0 bridgehead atoms. The zero-order chi connectivity index (χ0) is 16.9. The number of carbonyl (C=O) groups excluding carboxylic acids is 2. The lowest BCUT2D eigenvalue weighted by molar-refractivity contribution is -0.122. The Labute approximate surface area is 143 Å². The largest absolute Gasteiger partial charge is 0.366 e. The van der Waals surface area contributed by atoms with E-state index < -0.39 is 6.04 Å². The average molecular weight is 330 g/mol. The first kappa shape index (κ1) is 16.6. The SMILES string of the molecule is C[C@@H](CNC(=O)N[C@H]1CCCCNC1=O)N1CCc2ccccc21. The number of anilines is 1. The fourth-order valence-electron chi connectivity index (χ4n) is 3.46. The van der Waals surface area contributed by atoms with Gasteiger partial charge in [0.15, 0.2) is 0 Å². The predicted octanol–water partition coefficient (Wildman–Crippen LogP) is 1.41. The monoisotopic (exact) mass is 330 g/mol. The molecular formula is C18H26N4O2. The Morgan fingerprint density at radius 1 is 1.38 bits per heavy atom. The van der Waals surface area contributed by atoms with Crippen LogP contribution in [0.3, 0.4) is 0 Å². The van der Waals surface area contributed by atoms with E-state index in [0.717, 1.165) is 25.8 Å². The van der Waals surface area contributed by atoms with Gasteiger partial charge in [-0.3, -0.25) is 4.79 Å². The van der Waals surface area contributed by atoms with E-state index in [0.29, 0.717) is 19.5 Å². The number of hydrogen-bond acceptors (Lipinski definition) is 3. The van der Waals surface area contributed by atoms with Crippen molar-refractivity contribution in [1.82, 2.24) is 16.0 Å². The van der Waals surface area contributed by atoms with Crippen molar-refractivity contribution < 1.29 is 9.59 Å². The van der Waals surface area contributed by atoms with Crippen LogP contribution < -0.4 is 20.9 Å². The lowest BCUT2D eigenvalue weighted by Gasteiger charge is -2.28. The van der Waals surface area contributed by atoms with Gasteiger partial charge in [-0.05, 0) is 44.2 Å². The Bertz CT molecular complexity index is 604. The second-order valence-corrected chi connectivity index (χ2v) is 6.61. The van der Waals surface area contributed by atoms with Crippen molar-refractivity contribution in [2.45, 2.75) is 44.7 Å². The van der Waals surface area contributed by atoms with Gasteiger partial charge in [-0.2, -0.15) is 0 Å². The highest BCUT2D eigenvalue weighted by molar-refractivity contribution is 5.87. The Balaban J connectivity index is 1.48. The van der Waals surface area contributed by atoms with Crippen molar-refractivity contribution in [3.05, 3.63) is 29.8 Å². The smallest absolute Gasteiger partial charge is 0.315 e. The van der Waals surface area contributed by atoms with Gasteiger partial charge in [-0.1, -0.05) is 18.2 Å². The summed E-state index contributed by atoms with van der Waals surface area (Å²) in [6.07, 6.45) is 3.67. The van der Waals surface area contributed by atoms with Gasteiger partial charge < -0.3 is 20.9 Å². The Morgan fingerprint density at radius 3 is 3.08 bits per heavy atom. The first-order valence-electron chi connectivity index (χ1n) is 8.82. The first-order valence-corrected chi connectivity index (χ1v) is 8.82. The fourth-order valence-corrected chi connectivity index (χ4v) is 3.46. The number of hydrogen-bond donors (Lipinski definition) is 3. The van der Waals surface area contributed by atoms with Crippen molar-refractivity contribution in [2.75, 3.05) is 24.5 Å². The molecule has 0 unspecified atom stereocenters. The second kappa shape index (κ2) is 7.55. The number of rotatable bonds is 4. The Kier molecular flexibility index (Phi) is 5.23. The van der Waals surface area contributed by atoms with Gasteiger partial charge in [0.2, 0.25) is 5.91 Å². The van der Waals surface area contributed by atoms with Crippen LogP contribution in [0.4, 0.5) is 10.5 Å². The Morgan fingerprint density at radius 2 is 2.21 bits per heavy atom. The summed E-state index contributed by atoms with van der Waals surface area (Å²) in [5.41, 5.74) is 2.62. The highest BCUT2D eigenvalue weighted by Gasteiger charge is 2.25. The topological polar surface area (TPSA) is 73.5 Å². The molecule has 6 heteroatoms. The minimum atomic E-state index is -0.421. The maximum Gasteiger partial charge on any atom is 0.315 e. The maximum absolute atomic E-state index is 12.1. The molecule has 1 saturated heterocycles. The van der Waals surface area contributed by atoms with Gasteiger partial charge in [0, 0.05) is 31.4 Å². The molecular weight excluding hydrogens is 304 g/mol. The molecule has 2 heterocycles. The molecule has 130 valence electrons. The summed E-state index contributed by atoms with van der Waals surface area (Å²) in [7, 11) is 0. The first-order chi connectivity index (χ1) is 11.6.